The first kappa shape index (κ1) is 24.0. The molecule has 0 bridgehead atoms. The number of nitrogens with zero attached hydrogens (tertiary/aromatic N) is 2. The molecule has 2 saturated heterocycles. The maximum absolute atomic E-state index is 11.9. The van der Waals surface area contributed by atoms with Crippen LogP contribution in [0, 0.1) is 0 Å². The number of imide groups is 2. The number of ether oxygens (including phenoxy) is 2. The Morgan fingerprint density at radius 1 is 0.677 bits per heavy atom. The summed E-state index contributed by atoms with van der Waals surface area (Å²) in [5.74, 6) is -3.38. The number of carbonyl (C=O) groups is 6. The molecule has 14 nitrogen and oxygen atoms in total. The molecule has 0 aliphatic carbocycles. The predicted octanol–water partition coefficient (Wildman–Crippen LogP) is -0.384. The van der Waals surface area contributed by atoms with Crippen molar-refractivity contribution in [2.24, 2.45) is 0 Å². The lowest BCUT2D eigenvalue weighted by molar-refractivity contribution is -0.177. The van der Waals surface area contributed by atoms with Crippen molar-refractivity contribution in [1.82, 2.24) is 10.1 Å². The fourth-order valence-electron chi connectivity index (χ4n) is 2.49. The van der Waals surface area contributed by atoms with E-state index in [4.69, 9.17) is 0 Å². The highest BCUT2D eigenvalue weighted by Gasteiger charge is 2.34. The van der Waals surface area contributed by atoms with Crippen LogP contribution < -0.4 is 0 Å². The molecule has 2 heterocycles. The van der Waals surface area contributed by atoms with Crippen molar-refractivity contribution in [1.29, 1.82) is 0 Å². The first-order valence-corrected chi connectivity index (χ1v) is 11.0. The summed E-state index contributed by atoms with van der Waals surface area (Å²) in [4.78, 5) is 76.9. The van der Waals surface area contributed by atoms with Gasteiger partial charge in [-0.15, -0.1) is 0 Å². The van der Waals surface area contributed by atoms with E-state index < -0.39 is 45.8 Å². The van der Waals surface area contributed by atoms with Gasteiger partial charge in [0.05, 0.1) is 24.7 Å². The second-order valence-electron chi connectivity index (χ2n) is 6.40. The van der Waals surface area contributed by atoms with Crippen LogP contribution in [-0.2, 0) is 48.2 Å². The van der Waals surface area contributed by atoms with Gasteiger partial charge in [0.2, 0.25) is 0 Å². The Balaban J connectivity index is 1.56. The molecule has 0 saturated carbocycles. The number of sulfone groups is 1. The zero-order valence-corrected chi connectivity index (χ0v) is 17.1. The SMILES string of the molecule is O=C(OCCCS(=O)(=O)CCCOC(=O)ON1C(=O)CCC1=O)ON1C(=O)CCC1=O. The minimum absolute atomic E-state index is 0.0680. The Bertz CT molecular complexity index is 772. The lowest BCUT2D eigenvalue weighted by Crippen LogP contribution is -2.32. The highest BCUT2D eigenvalue weighted by atomic mass is 32.2. The molecule has 2 rings (SSSR count). The maximum Gasteiger partial charge on any atom is 0.533 e. The van der Waals surface area contributed by atoms with Crippen LogP contribution in [0.3, 0.4) is 0 Å². The van der Waals surface area contributed by atoms with E-state index in [1.807, 2.05) is 0 Å². The Morgan fingerprint density at radius 3 is 1.32 bits per heavy atom. The van der Waals surface area contributed by atoms with Crippen LogP contribution >= 0.6 is 0 Å². The number of hydroxylamine groups is 4. The first-order chi connectivity index (χ1) is 14.6. The van der Waals surface area contributed by atoms with Crippen molar-refractivity contribution in [3.05, 3.63) is 0 Å². The summed E-state index contributed by atoms with van der Waals surface area (Å²) in [6.07, 6.45) is -3.02. The highest BCUT2D eigenvalue weighted by Crippen LogP contribution is 2.13. The molecule has 15 heteroatoms. The fourth-order valence-corrected chi connectivity index (χ4v) is 3.81. The van der Waals surface area contributed by atoms with E-state index in [2.05, 4.69) is 19.1 Å². The molecule has 31 heavy (non-hydrogen) atoms. The van der Waals surface area contributed by atoms with E-state index in [1.165, 1.54) is 0 Å². The van der Waals surface area contributed by atoms with Crippen LogP contribution in [0.4, 0.5) is 9.59 Å². The normalized spacial score (nSPS) is 16.6. The van der Waals surface area contributed by atoms with Crippen molar-refractivity contribution in [2.75, 3.05) is 24.7 Å². The van der Waals surface area contributed by atoms with Crippen molar-refractivity contribution in [2.45, 2.75) is 38.5 Å². The number of hydrogen-bond acceptors (Lipinski definition) is 12. The number of carbonyl (C=O) groups excluding carboxylic acids is 6. The summed E-state index contributed by atoms with van der Waals surface area (Å²) in [5.41, 5.74) is 0. The maximum atomic E-state index is 11.9. The molecule has 2 aliphatic heterocycles. The molecule has 0 atom stereocenters. The minimum atomic E-state index is -3.56. The van der Waals surface area contributed by atoms with Gasteiger partial charge in [-0.3, -0.25) is 28.9 Å². The number of rotatable bonds is 10. The molecule has 0 aromatic heterocycles. The van der Waals surface area contributed by atoms with E-state index in [9.17, 15) is 37.2 Å². The van der Waals surface area contributed by atoms with Crippen LogP contribution in [0.15, 0.2) is 0 Å². The Labute approximate surface area is 176 Å². The third-order valence-corrected chi connectivity index (χ3v) is 5.80. The molecule has 4 amide bonds. The molecule has 0 N–H and O–H groups in total. The van der Waals surface area contributed by atoms with Crippen LogP contribution in [0.25, 0.3) is 0 Å². The van der Waals surface area contributed by atoms with Crippen LogP contribution in [0.1, 0.15) is 38.5 Å². The van der Waals surface area contributed by atoms with Crippen molar-refractivity contribution < 1.29 is 56.3 Å². The smallest absolute Gasteiger partial charge is 0.433 e. The average molecular weight is 464 g/mol. The van der Waals surface area contributed by atoms with Crippen molar-refractivity contribution >= 4 is 45.8 Å². The monoisotopic (exact) mass is 464 g/mol. The largest absolute Gasteiger partial charge is 0.533 e. The van der Waals surface area contributed by atoms with Gasteiger partial charge in [-0.2, -0.15) is 0 Å². The Hall–Kier alpha value is -3.23. The molecule has 172 valence electrons. The van der Waals surface area contributed by atoms with E-state index >= 15 is 0 Å². The van der Waals surface area contributed by atoms with Gasteiger partial charge >= 0.3 is 12.3 Å². The van der Waals surface area contributed by atoms with Gasteiger partial charge in [-0.05, 0) is 12.8 Å². The molecule has 0 aromatic carbocycles. The van der Waals surface area contributed by atoms with Crippen molar-refractivity contribution in [3.8, 4) is 0 Å². The van der Waals surface area contributed by atoms with Gasteiger partial charge in [0.25, 0.3) is 23.6 Å². The van der Waals surface area contributed by atoms with Crippen LogP contribution in [-0.4, -0.2) is 79.2 Å². The highest BCUT2D eigenvalue weighted by molar-refractivity contribution is 7.91. The van der Waals surface area contributed by atoms with Crippen LogP contribution in [0.2, 0.25) is 0 Å². The summed E-state index contributed by atoms with van der Waals surface area (Å²) in [6.45, 7) is -0.649. The number of hydrogen-bond donors (Lipinski definition) is 0. The topological polar surface area (TPSA) is 180 Å². The summed E-state index contributed by atoms with van der Waals surface area (Å²) in [7, 11) is -3.56. The van der Waals surface area contributed by atoms with Crippen LogP contribution in [0.5, 0.6) is 0 Å². The Kier molecular flexibility index (Phi) is 8.30. The zero-order chi connectivity index (χ0) is 23.0. The zero-order valence-electron chi connectivity index (χ0n) is 16.3. The number of amides is 4. The molecule has 0 aromatic rings. The van der Waals surface area contributed by atoms with E-state index in [0.29, 0.717) is 10.1 Å². The molecule has 0 radical (unpaired) electrons. The predicted molar refractivity (Wildman–Crippen MR) is 94.9 cm³/mol. The quantitative estimate of drug-likeness (QED) is 0.232. The summed E-state index contributed by atoms with van der Waals surface area (Å²) in [6, 6.07) is 0. The minimum Gasteiger partial charge on any atom is -0.433 e. The molecule has 0 unspecified atom stereocenters. The summed E-state index contributed by atoms with van der Waals surface area (Å²) < 4.78 is 33.1. The lowest BCUT2D eigenvalue weighted by atomic mass is 10.4. The molecular weight excluding hydrogens is 444 g/mol. The first-order valence-electron chi connectivity index (χ1n) is 9.20. The average Bonchev–Trinajstić information content (AvgIpc) is 3.19. The standard InChI is InChI=1S/C16H20N2O12S/c19-11-3-4-12(20)17(11)29-15(23)27-7-1-9-31(25,26)10-2-8-28-16(24)30-18-13(21)5-6-14(18)22/h1-10H2. The van der Waals surface area contributed by atoms with Gasteiger partial charge in [-0.1, -0.05) is 10.1 Å². The third kappa shape index (κ3) is 7.51. The van der Waals surface area contributed by atoms with Gasteiger partial charge in [0.15, 0.2) is 9.84 Å². The fraction of sp³-hybridized carbons (Fsp3) is 0.625. The van der Waals surface area contributed by atoms with Gasteiger partial charge < -0.3 is 9.47 Å². The third-order valence-electron chi connectivity index (χ3n) is 3.98. The Morgan fingerprint density at radius 2 is 1.00 bits per heavy atom. The van der Waals surface area contributed by atoms with E-state index in [0.717, 1.165) is 0 Å². The van der Waals surface area contributed by atoms with Gasteiger partial charge in [-0.25, -0.2) is 18.0 Å². The van der Waals surface area contributed by atoms with Crippen molar-refractivity contribution in [3.63, 3.8) is 0 Å². The molecule has 0 spiro atoms. The summed E-state index contributed by atoms with van der Waals surface area (Å²) in [5, 5.41) is 0.610. The second-order valence-corrected chi connectivity index (χ2v) is 8.71. The second kappa shape index (κ2) is 10.7. The van der Waals surface area contributed by atoms with E-state index in [1.54, 1.807) is 0 Å². The summed E-state index contributed by atoms with van der Waals surface area (Å²) >= 11 is 0. The molecular formula is C16H20N2O12S. The van der Waals surface area contributed by atoms with Gasteiger partial charge in [0.1, 0.15) is 0 Å². The van der Waals surface area contributed by atoms with E-state index in [-0.39, 0.29) is 63.2 Å². The van der Waals surface area contributed by atoms with Gasteiger partial charge in [0, 0.05) is 25.7 Å². The molecule has 2 aliphatic rings. The lowest BCUT2D eigenvalue weighted by Gasteiger charge is -2.12. The molecule has 2 fully saturated rings.